The molecule has 1 saturated heterocycles. The number of amides is 1. The van der Waals surface area contributed by atoms with E-state index >= 15 is 0 Å². The van der Waals surface area contributed by atoms with Crippen molar-refractivity contribution >= 4 is 33.0 Å². The summed E-state index contributed by atoms with van der Waals surface area (Å²) in [5.74, 6) is 0.0812. The van der Waals surface area contributed by atoms with Crippen LogP contribution in [0.2, 0.25) is 0 Å². The van der Waals surface area contributed by atoms with Gasteiger partial charge in [0.25, 0.3) is 5.91 Å². The summed E-state index contributed by atoms with van der Waals surface area (Å²) in [4.78, 5) is 33.7. The molecule has 1 aliphatic carbocycles. The first-order valence-corrected chi connectivity index (χ1v) is 15.7. The van der Waals surface area contributed by atoms with E-state index < -0.39 is 16.1 Å². The molecule has 208 valence electrons. The molecular formula is C26H33N7O4S2. The number of hydrogen-bond acceptors (Lipinski definition) is 10. The molecule has 13 heteroatoms. The van der Waals surface area contributed by atoms with Gasteiger partial charge in [-0.2, -0.15) is 0 Å². The topological polar surface area (TPSA) is 139 Å². The first-order chi connectivity index (χ1) is 18.9. The molecule has 5 rings (SSSR count). The highest BCUT2D eigenvalue weighted by Gasteiger charge is 2.29. The van der Waals surface area contributed by atoms with E-state index in [1.54, 1.807) is 36.9 Å². The van der Waals surface area contributed by atoms with Gasteiger partial charge in [-0.15, -0.1) is 11.3 Å². The molecule has 0 unspecified atom stereocenters. The number of nitrogens with one attached hydrogen (secondary N) is 2. The lowest BCUT2D eigenvalue weighted by atomic mass is 10.1. The van der Waals surface area contributed by atoms with Crippen LogP contribution < -0.4 is 14.8 Å². The first-order valence-electron chi connectivity index (χ1n) is 13.3. The molecule has 4 heterocycles. The van der Waals surface area contributed by atoms with Gasteiger partial charge in [0.05, 0.1) is 46.6 Å². The van der Waals surface area contributed by atoms with Gasteiger partial charge in [0.2, 0.25) is 15.9 Å². The van der Waals surface area contributed by atoms with Crippen LogP contribution in [0, 0.1) is 0 Å². The van der Waals surface area contributed by atoms with Gasteiger partial charge in [0.1, 0.15) is 5.69 Å². The highest BCUT2D eigenvalue weighted by Crippen LogP contribution is 2.28. The Balaban J connectivity index is 1.34. The lowest BCUT2D eigenvalue weighted by Gasteiger charge is -2.24. The molecule has 3 aromatic rings. The van der Waals surface area contributed by atoms with Crippen LogP contribution in [0.4, 0.5) is 5.69 Å². The summed E-state index contributed by atoms with van der Waals surface area (Å²) >= 11 is 1.22. The van der Waals surface area contributed by atoms with Crippen LogP contribution in [-0.2, 0) is 10.0 Å². The second-order valence-electron chi connectivity index (χ2n) is 9.76. The number of thiazole rings is 1. The van der Waals surface area contributed by atoms with Gasteiger partial charge in [-0.1, -0.05) is 12.8 Å². The fraction of sp³-hybridized carbons (Fsp3) is 0.500. The minimum atomic E-state index is -3.48. The summed E-state index contributed by atoms with van der Waals surface area (Å²) in [6.07, 6.45) is 11.8. The molecule has 1 saturated carbocycles. The molecule has 11 nitrogen and oxygen atoms in total. The molecular weight excluding hydrogens is 538 g/mol. The Morgan fingerprint density at radius 1 is 1.15 bits per heavy atom. The highest BCUT2D eigenvalue weighted by atomic mass is 32.2. The zero-order valence-corrected chi connectivity index (χ0v) is 23.5. The number of ether oxygens (including phenoxy) is 1. The van der Waals surface area contributed by atoms with Crippen LogP contribution in [-0.4, -0.2) is 70.7 Å². The minimum Gasteiger partial charge on any atom is -0.477 e. The molecule has 2 fully saturated rings. The van der Waals surface area contributed by atoms with Crippen molar-refractivity contribution in [3.63, 3.8) is 0 Å². The summed E-state index contributed by atoms with van der Waals surface area (Å²) in [6, 6.07) is 2.92. The van der Waals surface area contributed by atoms with Crippen LogP contribution in [0.25, 0.3) is 10.6 Å². The Morgan fingerprint density at radius 3 is 2.72 bits per heavy atom. The monoisotopic (exact) mass is 571 g/mol. The van der Waals surface area contributed by atoms with Gasteiger partial charge in [-0.3, -0.25) is 19.5 Å². The van der Waals surface area contributed by atoms with Crippen LogP contribution in [0.1, 0.15) is 67.0 Å². The van der Waals surface area contributed by atoms with Crippen molar-refractivity contribution in [2.24, 2.45) is 0 Å². The molecule has 2 aliphatic rings. The number of carbonyl (C=O) groups excluding carboxylic acids is 1. The largest absolute Gasteiger partial charge is 0.477 e. The lowest BCUT2D eigenvalue weighted by Crippen LogP contribution is -2.37. The number of anilines is 1. The Labute approximate surface area is 232 Å². The Hall–Kier alpha value is -3.16. The quantitative estimate of drug-likeness (QED) is 0.353. The summed E-state index contributed by atoms with van der Waals surface area (Å²) in [5.41, 5.74) is 1.63. The van der Waals surface area contributed by atoms with Crippen molar-refractivity contribution in [2.45, 2.75) is 56.7 Å². The van der Waals surface area contributed by atoms with Gasteiger partial charge < -0.3 is 15.0 Å². The Bertz CT molecular complexity index is 1390. The van der Waals surface area contributed by atoms with Gasteiger partial charge in [-0.25, -0.2) is 18.4 Å². The van der Waals surface area contributed by atoms with E-state index in [1.807, 2.05) is 6.92 Å². The van der Waals surface area contributed by atoms with E-state index in [0.29, 0.717) is 53.8 Å². The van der Waals surface area contributed by atoms with Crippen molar-refractivity contribution in [1.29, 1.82) is 0 Å². The number of likely N-dealkylation sites (tertiary alicyclic amines) is 1. The third-order valence-corrected chi connectivity index (χ3v) is 9.83. The Morgan fingerprint density at radius 2 is 1.95 bits per heavy atom. The maximum Gasteiger partial charge on any atom is 0.280 e. The molecule has 1 atom stereocenters. The van der Waals surface area contributed by atoms with E-state index in [9.17, 15) is 13.2 Å². The number of carbonyl (C=O) groups is 1. The van der Waals surface area contributed by atoms with Crippen molar-refractivity contribution in [3.05, 3.63) is 47.6 Å². The number of hydrogen-bond donors (Lipinski definition) is 2. The minimum absolute atomic E-state index is 0.290. The van der Waals surface area contributed by atoms with E-state index in [1.165, 1.54) is 11.3 Å². The third kappa shape index (κ3) is 6.89. The number of rotatable bonds is 11. The third-order valence-electron chi connectivity index (χ3n) is 6.94. The molecule has 0 bridgehead atoms. The van der Waals surface area contributed by atoms with E-state index in [4.69, 9.17) is 4.74 Å². The number of pyridine rings is 1. The maximum absolute atomic E-state index is 13.3. The average molecular weight is 572 g/mol. The summed E-state index contributed by atoms with van der Waals surface area (Å²) in [6.45, 7) is 4.80. The standard InChI is InChI=1S/C26H33N7O4S2/c1-2-37-24-16-27-14-21(30-24)23-15-29-26(38-23)25(34)31-22(17-33-11-5-6-12-33)20-13-18(9-10-28-20)32-39(35,36)19-7-3-4-8-19/h9-10,13-16,19,22H,2-8,11-12,17H2,1H3,(H,28,32)(H,31,34)/t22-/m1/s1. The summed E-state index contributed by atoms with van der Waals surface area (Å²) in [7, 11) is -3.48. The predicted octanol–water partition coefficient (Wildman–Crippen LogP) is 3.65. The molecule has 0 radical (unpaired) electrons. The van der Waals surface area contributed by atoms with Crippen molar-refractivity contribution in [1.82, 2.24) is 30.2 Å². The van der Waals surface area contributed by atoms with Crippen molar-refractivity contribution in [2.75, 3.05) is 31.0 Å². The van der Waals surface area contributed by atoms with Crippen molar-refractivity contribution < 1.29 is 17.9 Å². The highest BCUT2D eigenvalue weighted by molar-refractivity contribution is 7.93. The van der Waals surface area contributed by atoms with Crippen molar-refractivity contribution in [3.8, 4) is 16.5 Å². The molecule has 0 aromatic carbocycles. The zero-order chi connectivity index (χ0) is 27.2. The van der Waals surface area contributed by atoms with Gasteiger partial charge in [-0.05, 0) is 57.8 Å². The summed E-state index contributed by atoms with van der Waals surface area (Å²) < 4.78 is 33.9. The second-order valence-corrected chi connectivity index (χ2v) is 12.8. The first kappa shape index (κ1) is 27.4. The second kappa shape index (κ2) is 12.3. The molecule has 1 amide bonds. The van der Waals surface area contributed by atoms with Gasteiger partial charge in [0, 0.05) is 18.9 Å². The fourth-order valence-corrected chi connectivity index (χ4v) is 7.34. The number of aromatic nitrogens is 4. The normalized spacial score (nSPS) is 17.3. The van der Waals surface area contributed by atoms with Crippen LogP contribution in [0.5, 0.6) is 5.88 Å². The number of sulfonamides is 1. The molecule has 1 aliphatic heterocycles. The predicted molar refractivity (Wildman–Crippen MR) is 149 cm³/mol. The fourth-order valence-electron chi connectivity index (χ4n) is 4.99. The lowest BCUT2D eigenvalue weighted by molar-refractivity contribution is 0.0925. The molecule has 2 N–H and O–H groups in total. The smallest absolute Gasteiger partial charge is 0.280 e. The SMILES string of the molecule is CCOc1cncc(-c2cnc(C(=O)N[C@H](CN3CCCC3)c3cc(NS(=O)(=O)C4CCCC4)ccn3)s2)n1. The van der Waals surface area contributed by atoms with Gasteiger partial charge >= 0.3 is 0 Å². The maximum atomic E-state index is 13.3. The molecule has 39 heavy (non-hydrogen) atoms. The number of nitrogens with zero attached hydrogens (tertiary/aromatic N) is 5. The summed E-state index contributed by atoms with van der Waals surface area (Å²) in [5, 5.41) is 3.01. The van der Waals surface area contributed by atoms with Crippen LogP contribution >= 0.6 is 11.3 Å². The Kier molecular flexibility index (Phi) is 8.68. The van der Waals surface area contributed by atoms with E-state index in [2.05, 4.69) is 34.9 Å². The average Bonchev–Trinajstić information content (AvgIpc) is 3.72. The molecule has 0 spiro atoms. The zero-order valence-electron chi connectivity index (χ0n) is 21.9. The van der Waals surface area contributed by atoms with E-state index in [-0.39, 0.29) is 16.2 Å². The van der Waals surface area contributed by atoms with Gasteiger partial charge in [0.15, 0.2) is 5.01 Å². The molecule has 3 aromatic heterocycles. The van der Waals surface area contributed by atoms with Crippen LogP contribution in [0.15, 0.2) is 36.9 Å². The van der Waals surface area contributed by atoms with Crippen LogP contribution in [0.3, 0.4) is 0 Å². The van der Waals surface area contributed by atoms with E-state index in [0.717, 1.165) is 38.8 Å².